The van der Waals surface area contributed by atoms with E-state index in [1.807, 2.05) is 0 Å². The van der Waals surface area contributed by atoms with Crippen LogP contribution in [0.25, 0.3) is 10.9 Å². The fraction of sp³-hybridized carbons (Fsp3) is 0.222. The van der Waals surface area contributed by atoms with Crippen LogP contribution in [0, 0.1) is 18.6 Å². The number of rotatable bonds is 6. The van der Waals surface area contributed by atoms with Crippen LogP contribution in [0.4, 0.5) is 14.5 Å². The Morgan fingerprint density at radius 3 is 2.84 bits per heavy atom. The number of benzene rings is 1. The molecule has 3 aromatic rings. The fourth-order valence-corrected chi connectivity index (χ4v) is 2.53. The number of hydrogen-bond acceptors (Lipinski definition) is 4. The van der Waals surface area contributed by atoms with Crippen molar-refractivity contribution in [3.63, 3.8) is 0 Å². The first-order valence-corrected chi connectivity index (χ1v) is 7.86. The third kappa shape index (κ3) is 3.76. The number of hydrogen-bond donors (Lipinski definition) is 2. The molecule has 0 saturated carbocycles. The van der Waals surface area contributed by atoms with Crippen molar-refractivity contribution in [1.29, 1.82) is 0 Å². The summed E-state index contributed by atoms with van der Waals surface area (Å²) in [5.74, 6) is -1.30. The van der Waals surface area contributed by atoms with Gasteiger partial charge in [-0.25, -0.2) is 8.78 Å². The van der Waals surface area contributed by atoms with Gasteiger partial charge in [-0.05, 0) is 31.5 Å². The van der Waals surface area contributed by atoms with E-state index in [9.17, 15) is 13.6 Å². The number of aryl methyl sites for hydroxylation is 1. The summed E-state index contributed by atoms with van der Waals surface area (Å²) in [5.41, 5.74) is 1.49. The first-order valence-electron chi connectivity index (χ1n) is 7.86. The molecule has 1 aromatic carbocycles. The molecule has 0 fully saturated rings. The van der Waals surface area contributed by atoms with E-state index in [0.29, 0.717) is 36.3 Å². The minimum Gasteiger partial charge on any atom is -0.459 e. The number of nitrogens with zero attached hydrogens (tertiary/aromatic N) is 1. The second kappa shape index (κ2) is 7.29. The van der Waals surface area contributed by atoms with Gasteiger partial charge in [-0.15, -0.1) is 0 Å². The van der Waals surface area contributed by atoms with Crippen LogP contribution in [0.5, 0.6) is 0 Å². The molecule has 130 valence electrons. The lowest BCUT2D eigenvalue weighted by Crippen LogP contribution is -2.26. The molecular weight excluding hydrogens is 328 g/mol. The average Bonchev–Trinajstić information content (AvgIpc) is 3.01. The highest BCUT2D eigenvalue weighted by atomic mass is 19.1. The molecule has 3 rings (SSSR count). The van der Waals surface area contributed by atoms with Crippen molar-refractivity contribution < 1.29 is 18.0 Å². The number of pyridine rings is 1. The Morgan fingerprint density at radius 1 is 1.24 bits per heavy atom. The van der Waals surface area contributed by atoms with E-state index in [4.69, 9.17) is 4.42 Å². The van der Waals surface area contributed by atoms with Gasteiger partial charge in [0.05, 0.1) is 6.26 Å². The van der Waals surface area contributed by atoms with E-state index in [2.05, 4.69) is 15.6 Å². The molecule has 0 radical (unpaired) electrons. The highest BCUT2D eigenvalue weighted by molar-refractivity contribution is 5.93. The summed E-state index contributed by atoms with van der Waals surface area (Å²) in [6.45, 7) is 2.76. The Labute approximate surface area is 143 Å². The van der Waals surface area contributed by atoms with E-state index >= 15 is 0 Å². The zero-order valence-electron chi connectivity index (χ0n) is 13.6. The number of aromatic nitrogens is 1. The van der Waals surface area contributed by atoms with Crippen LogP contribution in [0.15, 0.2) is 41.1 Å². The molecule has 0 bridgehead atoms. The molecule has 0 saturated heterocycles. The van der Waals surface area contributed by atoms with E-state index in [0.717, 1.165) is 11.6 Å². The van der Waals surface area contributed by atoms with Crippen LogP contribution < -0.4 is 10.6 Å². The molecule has 2 aromatic heterocycles. The number of carbonyl (C=O) groups is 1. The molecule has 0 atom stereocenters. The lowest BCUT2D eigenvalue weighted by molar-refractivity contribution is 0.0925. The van der Waals surface area contributed by atoms with Crippen LogP contribution in [0.1, 0.15) is 22.5 Å². The molecule has 0 aliphatic heterocycles. The first kappa shape index (κ1) is 16.9. The number of halogens is 2. The quantitative estimate of drug-likeness (QED) is 0.669. The van der Waals surface area contributed by atoms with E-state index in [1.54, 1.807) is 19.1 Å². The average molecular weight is 345 g/mol. The number of nitrogens with one attached hydrogen (secondary N) is 2. The van der Waals surface area contributed by atoms with Gasteiger partial charge >= 0.3 is 0 Å². The maximum atomic E-state index is 13.7. The zero-order chi connectivity index (χ0) is 17.8. The smallest absolute Gasteiger partial charge is 0.287 e. The monoisotopic (exact) mass is 345 g/mol. The SMILES string of the molecule is Cc1ccoc1C(=O)NCCCNc1ccnc2c(F)cc(F)cc12. The van der Waals surface area contributed by atoms with Crippen molar-refractivity contribution in [2.75, 3.05) is 18.4 Å². The summed E-state index contributed by atoms with van der Waals surface area (Å²) >= 11 is 0. The summed E-state index contributed by atoms with van der Waals surface area (Å²) in [5, 5.41) is 6.26. The standard InChI is InChI=1S/C18H17F2N3O2/c1-11-4-8-25-17(11)18(24)23-6-2-5-21-15-3-7-22-16-13(15)9-12(19)10-14(16)20/h3-4,7-10H,2,5-6H2,1H3,(H,21,22)(H,23,24). The van der Waals surface area contributed by atoms with E-state index in [1.165, 1.54) is 18.5 Å². The molecular formula is C18H17F2N3O2. The van der Waals surface area contributed by atoms with Gasteiger partial charge in [-0.1, -0.05) is 0 Å². The third-order valence-electron chi connectivity index (χ3n) is 3.79. The Hall–Kier alpha value is -2.96. The Balaban J connectivity index is 1.55. The number of amides is 1. The van der Waals surface area contributed by atoms with Crippen molar-refractivity contribution in [3.05, 3.63) is 59.7 Å². The van der Waals surface area contributed by atoms with E-state index in [-0.39, 0.29) is 11.4 Å². The number of anilines is 1. The van der Waals surface area contributed by atoms with E-state index < -0.39 is 11.6 Å². The topological polar surface area (TPSA) is 67.2 Å². The lowest BCUT2D eigenvalue weighted by Gasteiger charge is -2.10. The molecule has 0 aliphatic rings. The lowest BCUT2D eigenvalue weighted by atomic mass is 10.1. The molecule has 0 aliphatic carbocycles. The van der Waals surface area contributed by atoms with Gasteiger partial charge < -0.3 is 15.1 Å². The van der Waals surface area contributed by atoms with Crippen molar-refractivity contribution in [3.8, 4) is 0 Å². The third-order valence-corrected chi connectivity index (χ3v) is 3.79. The highest BCUT2D eigenvalue weighted by Crippen LogP contribution is 2.24. The Bertz CT molecular complexity index is 908. The van der Waals surface area contributed by atoms with Crippen LogP contribution in [-0.4, -0.2) is 24.0 Å². The summed E-state index contributed by atoms with van der Waals surface area (Å²) in [6.07, 6.45) is 3.57. The van der Waals surface area contributed by atoms with Crippen molar-refractivity contribution in [1.82, 2.24) is 10.3 Å². The van der Waals surface area contributed by atoms with Crippen LogP contribution in [0.2, 0.25) is 0 Å². The summed E-state index contributed by atoms with van der Waals surface area (Å²) in [4.78, 5) is 15.8. The van der Waals surface area contributed by atoms with Crippen LogP contribution in [-0.2, 0) is 0 Å². The number of furan rings is 1. The van der Waals surface area contributed by atoms with Gasteiger partial charge in [0, 0.05) is 42.0 Å². The predicted molar refractivity (Wildman–Crippen MR) is 90.5 cm³/mol. The zero-order valence-corrected chi connectivity index (χ0v) is 13.6. The van der Waals surface area contributed by atoms with Crippen molar-refractivity contribution >= 4 is 22.5 Å². The minimum atomic E-state index is -0.695. The largest absolute Gasteiger partial charge is 0.459 e. The fourth-order valence-electron chi connectivity index (χ4n) is 2.53. The van der Waals surface area contributed by atoms with Gasteiger partial charge in [0.1, 0.15) is 11.3 Å². The Morgan fingerprint density at radius 2 is 2.08 bits per heavy atom. The molecule has 25 heavy (non-hydrogen) atoms. The molecule has 1 amide bonds. The highest BCUT2D eigenvalue weighted by Gasteiger charge is 2.12. The van der Waals surface area contributed by atoms with Gasteiger partial charge in [0.2, 0.25) is 0 Å². The number of fused-ring (bicyclic) bond motifs is 1. The van der Waals surface area contributed by atoms with Gasteiger partial charge in [-0.2, -0.15) is 0 Å². The molecule has 0 spiro atoms. The van der Waals surface area contributed by atoms with Crippen LogP contribution >= 0.6 is 0 Å². The maximum absolute atomic E-state index is 13.7. The van der Waals surface area contributed by atoms with Gasteiger partial charge in [-0.3, -0.25) is 9.78 Å². The number of carbonyl (C=O) groups excluding carboxylic acids is 1. The van der Waals surface area contributed by atoms with Gasteiger partial charge in [0.25, 0.3) is 5.91 Å². The van der Waals surface area contributed by atoms with Crippen molar-refractivity contribution in [2.45, 2.75) is 13.3 Å². The molecule has 0 unspecified atom stereocenters. The van der Waals surface area contributed by atoms with Gasteiger partial charge in [0.15, 0.2) is 11.6 Å². The van der Waals surface area contributed by atoms with Crippen molar-refractivity contribution in [2.24, 2.45) is 0 Å². The summed E-state index contributed by atoms with van der Waals surface area (Å²) in [6, 6.07) is 5.44. The van der Waals surface area contributed by atoms with Crippen LogP contribution in [0.3, 0.4) is 0 Å². The molecule has 5 nitrogen and oxygen atoms in total. The summed E-state index contributed by atoms with van der Waals surface area (Å²) < 4.78 is 32.3. The molecule has 7 heteroatoms. The summed E-state index contributed by atoms with van der Waals surface area (Å²) in [7, 11) is 0. The normalized spacial score (nSPS) is 10.8. The second-order valence-electron chi connectivity index (χ2n) is 5.61. The predicted octanol–water partition coefficient (Wildman–Crippen LogP) is 3.65. The minimum absolute atomic E-state index is 0.119. The first-order chi connectivity index (χ1) is 12.1. The molecule has 2 N–H and O–H groups in total. The Kier molecular flexibility index (Phi) is 4.92. The maximum Gasteiger partial charge on any atom is 0.287 e. The second-order valence-corrected chi connectivity index (χ2v) is 5.61. The molecule has 2 heterocycles.